The number of nitrogens with zero attached hydrogens (tertiary/aromatic N) is 1. The highest BCUT2D eigenvalue weighted by molar-refractivity contribution is 8.00. The van der Waals surface area contributed by atoms with Crippen molar-refractivity contribution in [3.05, 3.63) is 188 Å². The summed E-state index contributed by atoms with van der Waals surface area (Å²) in [5, 5.41) is 26.4. The smallest absolute Gasteiger partial charge is 0.407 e. The van der Waals surface area contributed by atoms with Crippen LogP contribution < -0.4 is 10.6 Å². The van der Waals surface area contributed by atoms with Gasteiger partial charge in [-0.05, 0) is 58.4 Å². The molecule has 12 nitrogen and oxygen atoms in total. The number of carbonyl (C=O) groups is 5. The van der Waals surface area contributed by atoms with E-state index in [1.165, 1.54) is 16.7 Å². The van der Waals surface area contributed by atoms with Crippen molar-refractivity contribution in [3.63, 3.8) is 0 Å². The Balaban J connectivity index is 1.08. The van der Waals surface area contributed by atoms with E-state index in [1.807, 2.05) is 60.7 Å². The number of aliphatic carboxylic acids is 1. The van der Waals surface area contributed by atoms with Crippen molar-refractivity contribution in [1.29, 1.82) is 0 Å². The molecule has 1 saturated heterocycles. The molecule has 5 aromatic carbocycles. The highest BCUT2D eigenvalue weighted by Crippen LogP contribution is 2.42. The van der Waals surface area contributed by atoms with E-state index in [2.05, 4.69) is 10.6 Å². The molecular formula is C48H43Cl2N3O9S. The number of benzene rings is 5. The van der Waals surface area contributed by atoms with E-state index >= 15 is 0 Å². The molecule has 2 heterocycles. The van der Waals surface area contributed by atoms with E-state index < -0.39 is 65.8 Å². The lowest BCUT2D eigenvalue weighted by molar-refractivity contribution is -0.155. The minimum Gasteiger partial charge on any atom is -0.481 e. The quantitative estimate of drug-likeness (QED) is 0.0408. The molecule has 5 aromatic rings. The van der Waals surface area contributed by atoms with Gasteiger partial charge in [0.1, 0.15) is 29.6 Å². The van der Waals surface area contributed by atoms with E-state index in [4.69, 9.17) is 32.7 Å². The molecule has 324 valence electrons. The molecule has 0 bridgehead atoms. The Morgan fingerprint density at radius 2 is 1.41 bits per heavy atom. The van der Waals surface area contributed by atoms with Gasteiger partial charge in [-0.15, -0.1) is 11.8 Å². The molecule has 2 unspecified atom stereocenters. The third-order valence-electron chi connectivity index (χ3n) is 10.8. The second-order valence-corrected chi connectivity index (χ2v) is 16.8. The SMILES string of the molecule is O=C(NCCCC(C(=O)N[C@H]1C(=O)N2C(C(=O)OC(c3ccccc3)c3ccccc3)=C(CO)CS[C@@H]12)c1cccc(C(C(=O)O)c2ccccc2)c1)OCc1ccc(Cl)cc1Cl. The van der Waals surface area contributed by atoms with Gasteiger partial charge in [-0.2, -0.15) is 0 Å². The number of halogens is 2. The van der Waals surface area contributed by atoms with Gasteiger partial charge in [-0.1, -0.05) is 145 Å². The van der Waals surface area contributed by atoms with Gasteiger partial charge in [0.15, 0.2) is 6.10 Å². The van der Waals surface area contributed by atoms with Crippen LogP contribution in [-0.4, -0.2) is 75.3 Å². The summed E-state index contributed by atoms with van der Waals surface area (Å²) in [5.41, 5.74) is 3.78. The van der Waals surface area contributed by atoms with Crippen LogP contribution >= 0.6 is 35.0 Å². The van der Waals surface area contributed by atoms with Crippen molar-refractivity contribution >= 4 is 64.8 Å². The van der Waals surface area contributed by atoms with Gasteiger partial charge < -0.3 is 30.3 Å². The number of aliphatic hydroxyl groups excluding tert-OH is 1. The average molecular weight is 909 g/mol. The van der Waals surface area contributed by atoms with Crippen molar-refractivity contribution < 1.29 is 43.7 Å². The zero-order chi connectivity index (χ0) is 44.5. The van der Waals surface area contributed by atoms with Gasteiger partial charge in [-0.3, -0.25) is 19.3 Å². The van der Waals surface area contributed by atoms with E-state index in [0.717, 1.165) is 0 Å². The molecule has 1 fully saturated rings. The molecule has 63 heavy (non-hydrogen) atoms. The Bertz CT molecular complexity index is 2450. The van der Waals surface area contributed by atoms with Crippen LogP contribution in [0.5, 0.6) is 0 Å². The molecule has 15 heteroatoms. The number of carbonyl (C=O) groups excluding carboxylic acids is 4. The van der Waals surface area contributed by atoms with Crippen LogP contribution in [-0.2, 0) is 35.3 Å². The number of carboxylic acids is 1. The number of thioether (sulfide) groups is 1. The summed E-state index contributed by atoms with van der Waals surface area (Å²) in [4.78, 5) is 69.0. The zero-order valence-corrected chi connectivity index (χ0v) is 36.0. The summed E-state index contributed by atoms with van der Waals surface area (Å²) in [5.74, 6) is -4.62. The molecule has 0 radical (unpaired) electrons. The molecule has 2 aliphatic rings. The summed E-state index contributed by atoms with van der Waals surface area (Å²) < 4.78 is 11.4. The number of alkyl carbamates (subject to hydrolysis) is 1. The van der Waals surface area contributed by atoms with Crippen LogP contribution in [0.1, 0.15) is 64.2 Å². The fraction of sp³-hybridized carbons (Fsp3) is 0.229. The molecule has 2 aliphatic heterocycles. The first-order valence-electron chi connectivity index (χ1n) is 20.1. The predicted molar refractivity (Wildman–Crippen MR) is 239 cm³/mol. The van der Waals surface area contributed by atoms with Gasteiger partial charge in [0, 0.05) is 27.9 Å². The molecule has 0 spiro atoms. The maximum atomic E-state index is 14.4. The van der Waals surface area contributed by atoms with Crippen LogP contribution in [0.15, 0.2) is 145 Å². The minimum atomic E-state index is -1.07. The molecule has 3 amide bonds. The Morgan fingerprint density at radius 3 is 2.03 bits per heavy atom. The molecule has 4 N–H and O–H groups in total. The summed E-state index contributed by atoms with van der Waals surface area (Å²) in [6.45, 7) is -0.450. The zero-order valence-electron chi connectivity index (χ0n) is 33.7. The maximum absolute atomic E-state index is 14.4. The van der Waals surface area contributed by atoms with E-state index in [-0.39, 0.29) is 31.0 Å². The first-order valence-corrected chi connectivity index (χ1v) is 22.0. The van der Waals surface area contributed by atoms with E-state index in [9.17, 15) is 34.2 Å². The minimum absolute atomic E-state index is 0.0604. The number of rotatable bonds is 17. The number of ether oxygens (including phenoxy) is 2. The third-order valence-corrected chi connectivity index (χ3v) is 12.7. The van der Waals surface area contributed by atoms with Crippen molar-refractivity contribution in [2.45, 2.75) is 48.8 Å². The molecule has 4 atom stereocenters. The number of carboxylic acid groups (broad SMARTS) is 1. The van der Waals surface area contributed by atoms with Gasteiger partial charge >= 0.3 is 18.0 Å². The Hall–Kier alpha value is -6.12. The van der Waals surface area contributed by atoms with Crippen LogP contribution in [0.3, 0.4) is 0 Å². The van der Waals surface area contributed by atoms with Crippen molar-refractivity contribution in [2.75, 3.05) is 18.9 Å². The maximum Gasteiger partial charge on any atom is 0.407 e. The summed E-state index contributed by atoms with van der Waals surface area (Å²) in [6, 6.07) is 37.7. The lowest BCUT2D eigenvalue weighted by Crippen LogP contribution is -2.71. The highest BCUT2D eigenvalue weighted by Gasteiger charge is 2.55. The first-order chi connectivity index (χ1) is 30.5. The molecular weight excluding hydrogens is 866 g/mol. The van der Waals surface area contributed by atoms with Crippen molar-refractivity contribution in [3.8, 4) is 0 Å². The van der Waals surface area contributed by atoms with Crippen molar-refractivity contribution in [2.24, 2.45) is 0 Å². The monoisotopic (exact) mass is 907 g/mol. The number of esters is 1. The van der Waals surface area contributed by atoms with Gasteiger partial charge in [0.2, 0.25) is 5.91 Å². The van der Waals surface area contributed by atoms with Crippen LogP contribution in [0.4, 0.5) is 4.79 Å². The van der Waals surface area contributed by atoms with Gasteiger partial charge in [0.25, 0.3) is 5.91 Å². The lowest BCUT2D eigenvalue weighted by atomic mass is 9.86. The first kappa shape index (κ1) is 44.9. The second kappa shape index (κ2) is 20.8. The number of nitrogens with one attached hydrogen (secondary N) is 2. The largest absolute Gasteiger partial charge is 0.481 e. The second-order valence-electron chi connectivity index (χ2n) is 14.9. The standard InChI is InChI=1S/C48H43Cl2N3O9S/c49-36-22-21-34(38(50)25-36)27-61-48(60)51-23-11-20-37(32-18-10-19-33(24-32)39(46(57)58)29-12-4-1-5-13-29)43(55)52-40-44(56)53-41(35(26-54)28-63-45(40)53)47(59)62-42(30-14-6-2-7-15-30)31-16-8-3-9-17-31/h1-10,12-19,21-22,24-25,37,39-40,42,45,54H,11,20,23,26-28H2,(H,51,60)(H,52,55)(H,57,58)/t37?,39?,40-,45-/m0/s1. The third kappa shape index (κ3) is 10.6. The summed E-state index contributed by atoms with van der Waals surface area (Å²) >= 11 is 13.5. The van der Waals surface area contributed by atoms with Crippen LogP contribution in [0.2, 0.25) is 10.0 Å². The number of fused-ring (bicyclic) bond motifs is 1. The van der Waals surface area contributed by atoms with Gasteiger partial charge in [0.05, 0.1) is 12.5 Å². The number of amides is 3. The Labute approximate surface area is 378 Å². The van der Waals surface area contributed by atoms with E-state index in [1.54, 1.807) is 72.8 Å². The molecule has 0 saturated carbocycles. The lowest BCUT2D eigenvalue weighted by Gasteiger charge is -2.50. The van der Waals surface area contributed by atoms with Crippen LogP contribution in [0.25, 0.3) is 0 Å². The number of aliphatic hydroxyl groups is 1. The molecule has 7 rings (SSSR count). The summed E-state index contributed by atoms with van der Waals surface area (Å²) in [7, 11) is 0. The normalized spacial score (nSPS) is 16.6. The number of β-lactam (4-membered cyclic amide) rings is 1. The predicted octanol–water partition coefficient (Wildman–Crippen LogP) is 7.98. The number of hydrogen-bond acceptors (Lipinski definition) is 9. The van der Waals surface area contributed by atoms with Crippen LogP contribution in [0, 0.1) is 0 Å². The van der Waals surface area contributed by atoms with E-state index in [0.29, 0.717) is 55.4 Å². The fourth-order valence-electron chi connectivity index (χ4n) is 7.65. The van der Waals surface area contributed by atoms with Crippen molar-refractivity contribution in [1.82, 2.24) is 15.5 Å². The molecule has 0 aromatic heterocycles. The number of hydrogen-bond donors (Lipinski definition) is 4. The fourth-order valence-corrected chi connectivity index (χ4v) is 9.45. The Morgan fingerprint density at radius 1 is 0.794 bits per heavy atom. The Kier molecular flexibility index (Phi) is 14.9. The van der Waals surface area contributed by atoms with Gasteiger partial charge in [-0.25, -0.2) is 9.59 Å². The average Bonchev–Trinajstić information content (AvgIpc) is 3.30. The topological polar surface area (TPSA) is 172 Å². The summed E-state index contributed by atoms with van der Waals surface area (Å²) in [6.07, 6.45) is -1.01. The molecule has 0 aliphatic carbocycles. The highest BCUT2D eigenvalue weighted by atomic mass is 35.5.